The van der Waals surface area contributed by atoms with E-state index in [1.54, 1.807) is 0 Å². The molecular weight excluding hydrogens is 256 g/mol. The van der Waals surface area contributed by atoms with Gasteiger partial charge in [0.05, 0.1) is 11.3 Å². The fourth-order valence-electron chi connectivity index (χ4n) is 2.70. The van der Waals surface area contributed by atoms with Crippen LogP contribution in [0.25, 0.3) is 0 Å². The highest BCUT2D eigenvalue weighted by atomic mass is 32.1. The molecule has 0 aromatic carbocycles. The van der Waals surface area contributed by atoms with Crippen LogP contribution >= 0.6 is 12.2 Å². The number of anilines is 1. The van der Waals surface area contributed by atoms with Crippen molar-refractivity contribution < 1.29 is 0 Å². The summed E-state index contributed by atoms with van der Waals surface area (Å²) < 4.78 is 0. The Bertz CT molecular complexity index is 508. The first-order valence-corrected chi connectivity index (χ1v) is 7.39. The van der Waals surface area contributed by atoms with Crippen LogP contribution < -0.4 is 11.1 Å². The lowest BCUT2D eigenvalue weighted by molar-refractivity contribution is 0.564. The Morgan fingerprint density at radius 1 is 1.21 bits per heavy atom. The lowest BCUT2D eigenvalue weighted by Gasteiger charge is -2.21. The molecule has 3 rings (SSSR count). The largest absolute Gasteiger partial charge is 0.389 e. The molecule has 1 aromatic rings. The average molecular weight is 276 g/mol. The van der Waals surface area contributed by atoms with Gasteiger partial charge in [-0.25, -0.2) is 0 Å². The first-order valence-electron chi connectivity index (χ1n) is 6.98. The standard InChI is InChI=1S/C14H20N4S/c1-7-8(2)17-18-14(11(7)13(15)19)16-12(9-3-4-9)10-5-6-10/h9-10,12H,3-6H2,1-2H3,(H2,15,19)(H,16,18). The first kappa shape index (κ1) is 12.8. The van der Waals surface area contributed by atoms with Crippen molar-refractivity contribution in [1.82, 2.24) is 10.2 Å². The molecule has 2 fully saturated rings. The molecule has 0 atom stereocenters. The maximum absolute atomic E-state index is 5.87. The molecule has 0 aliphatic heterocycles. The molecule has 0 bridgehead atoms. The number of hydrogen-bond donors (Lipinski definition) is 2. The molecule has 1 aromatic heterocycles. The summed E-state index contributed by atoms with van der Waals surface area (Å²) in [5.74, 6) is 2.38. The van der Waals surface area contributed by atoms with E-state index < -0.39 is 0 Å². The van der Waals surface area contributed by atoms with Gasteiger partial charge in [0.2, 0.25) is 0 Å². The molecule has 2 aliphatic rings. The van der Waals surface area contributed by atoms with Crippen LogP contribution in [-0.4, -0.2) is 21.2 Å². The zero-order valence-electron chi connectivity index (χ0n) is 11.4. The van der Waals surface area contributed by atoms with Crippen molar-refractivity contribution in [2.75, 3.05) is 5.32 Å². The van der Waals surface area contributed by atoms with Crippen LogP contribution in [0, 0.1) is 25.7 Å². The van der Waals surface area contributed by atoms with E-state index in [4.69, 9.17) is 18.0 Å². The Hall–Kier alpha value is -1.23. The van der Waals surface area contributed by atoms with Crippen molar-refractivity contribution in [3.05, 3.63) is 16.8 Å². The van der Waals surface area contributed by atoms with Crippen LogP contribution in [0.15, 0.2) is 0 Å². The molecule has 0 spiro atoms. The minimum Gasteiger partial charge on any atom is -0.389 e. The lowest BCUT2D eigenvalue weighted by Crippen LogP contribution is -2.28. The molecule has 3 N–H and O–H groups in total. The topological polar surface area (TPSA) is 63.8 Å². The highest BCUT2D eigenvalue weighted by Gasteiger charge is 2.42. The summed E-state index contributed by atoms with van der Waals surface area (Å²) in [6, 6.07) is 0.532. The second kappa shape index (κ2) is 4.71. The molecule has 1 heterocycles. The van der Waals surface area contributed by atoms with Gasteiger partial charge in [-0.2, -0.15) is 5.10 Å². The number of nitrogens with zero attached hydrogens (tertiary/aromatic N) is 2. The molecule has 102 valence electrons. The highest BCUT2D eigenvalue weighted by molar-refractivity contribution is 7.80. The summed E-state index contributed by atoms with van der Waals surface area (Å²) >= 11 is 5.18. The van der Waals surface area contributed by atoms with Crippen LogP contribution in [0.2, 0.25) is 0 Å². The van der Waals surface area contributed by atoms with Gasteiger partial charge >= 0.3 is 0 Å². The van der Waals surface area contributed by atoms with E-state index in [0.29, 0.717) is 11.0 Å². The Kier molecular flexibility index (Phi) is 3.17. The first-order chi connectivity index (χ1) is 9.08. The number of rotatable bonds is 5. The van der Waals surface area contributed by atoms with Crippen molar-refractivity contribution in [2.45, 2.75) is 45.6 Å². The van der Waals surface area contributed by atoms with E-state index in [-0.39, 0.29) is 0 Å². The van der Waals surface area contributed by atoms with E-state index >= 15 is 0 Å². The SMILES string of the molecule is Cc1nnc(NC(C2CC2)C2CC2)c(C(N)=S)c1C. The Balaban J connectivity index is 1.90. The number of aryl methyl sites for hydroxylation is 1. The molecule has 4 nitrogen and oxygen atoms in total. The van der Waals surface area contributed by atoms with Crippen LogP contribution in [-0.2, 0) is 0 Å². The second-order valence-corrected chi connectivity index (χ2v) is 6.28. The summed E-state index contributed by atoms with van der Waals surface area (Å²) in [4.78, 5) is 0.406. The molecule has 0 radical (unpaired) electrons. The normalized spacial score (nSPS) is 18.7. The van der Waals surface area contributed by atoms with E-state index in [0.717, 1.165) is 34.5 Å². The van der Waals surface area contributed by atoms with Gasteiger partial charge in [-0.05, 0) is 56.9 Å². The third kappa shape index (κ3) is 2.56. The predicted molar refractivity (Wildman–Crippen MR) is 80.3 cm³/mol. The number of thiocarbonyl (C=S) groups is 1. The molecule has 0 unspecified atom stereocenters. The molecule has 5 heteroatoms. The second-order valence-electron chi connectivity index (χ2n) is 5.84. The van der Waals surface area contributed by atoms with Crippen LogP contribution in [0.3, 0.4) is 0 Å². The molecule has 2 aliphatic carbocycles. The van der Waals surface area contributed by atoms with Gasteiger partial charge in [-0.1, -0.05) is 12.2 Å². The van der Waals surface area contributed by atoms with Crippen molar-refractivity contribution >= 4 is 23.0 Å². The van der Waals surface area contributed by atoms with Gasteiger partial charge in [-0.15, -0.1) is 5.10 Å². The fourth-order valence-corrected chi connectivity index (χ4v) is 2.95. The van der Waals surface area contributed by atoms with E-state index in [1.165, 1.54) is 25.7 Å². The third-order valence-electron chi connectivity index (χ3n) is 4.26. The number of hydrogen-bond acceptors (Lipinski definition) is 4. The van der Waals surface area contributed by atoms with Crippen molar-refractivity contribution in [3.63, 3.8) is 0 Å². The number of nitrogens with one attached hydrogen (secondary N) is 1. The van der Waals surface area contributed by atoms with E-state index in [9.17, 15) is 0 Å². The molecule has 19 heavy (non-hydrogen) atoms. The molecule has 0 amide bonds. The predicted octanol–water partition coefficient (Wildman–Crippen LogP) is 2.33. The van der Waals surface area contributed by atoms with Gasteiger partial charge in [0, 0.05) is 6.04 Å². The monoisotopic (exact) mass is 276 g/mol. The summed E-state index contributed by atoms with van der Waals surface area (Å²) in [7, 11) is 0. The fraction of sp³-hybridized carbons (Fsp3) is 0.643. The van der Waals surface area contributed by atoms with Gasteiger partial charge in [-0.3, -0.25) is 0 Å². The Labute approximate surface area is 119 Å². The van der Waals surface area contributed by atoms with E-state index in [1.807, 2.05) is 13.8 Å². The number of aromatic nitrogens is 2. The summed E-state index contributed by atoms with van der Waals surface area (Å²) in [5, 5.41) is 12.1. The van der Waals surface area contributed by atoms with Crippen LogP contribution in [0.5, 0.6) is 0 Å². The maximum Gasteiger partial charge on any atom is 0.159 e. The van der Waals surface area contributed by atoms with E-state index in [2.05, 4.69) is 15.5 Å². The van der Waals surface area contributed by atoms with Crippen molar-refractivity contribution in [3.8, 4) is 0 Å². The van der Waals surface area contributed by atoms with Crippen molar-refractivity contribution in [1.29, 1.82) is 0 Å². The minimum absolute atomic E-state index is 0.406. The molecular formula is C14H20N4S. The third-order valence-corrected chi connectivity index (χ3v) is 4.47. The smallest absolute Gasteiger partial charge is 0.159 e. The average Bonchev–Trinajstić information content (AvgIpc) is 3.23. The van der Waals surface area contributed by atoms with Crippen LogP contribution in [0.1, 0.15) is 42.5 Å². The Morgan fingerprint density at radius 3 is 2.26 bits per heavy atom. The Morgan fingerprint density at radius 2 is 1.79 bits per heavy atom. The summed E-state index contributed by atoms with van der Waals surface area (Å²) in [5.41, 5.74) is 8.67. The highest BCUT2D eigenvalue weighted by Crippen LogP contribution is 2.46. The lowest BCUT2D eigenvalue weighted by atomic mass is 10.1. The maximum atomic E-state index is 5.87. The minimum atomic E-state index is 0.406. The zero-order valence-corrected chi connectivity index (χ0v) is 12.3. The van der Waals surface area contributed by atoms with Gasteiger partial charge in [0.1, 0.15) is 4.99 Å². The summed E-state index contributed by atoms with van der Waals surface area (Å²) in [6.07, 6.45) is 5.31. The van der Waals surface area contributed by atoms with Crippen molar-refractivity contribution in [2.24, 2.45) is 17.6 Å². The molecule has 2 saturated carbocycles. The van der Waals surface area contributed by atoms with Crippen LogP contribution in [0.4, 0.5) is 5.82 Å². The molecule has 0 saturated heterocycles. The summed E-state index contributed by atoms with van der Waals surface area (Å²) in [6.45, 7) is 3.94. The quantitative estimate of drug-likeness (QED) is 0.808. The van der Waals surface area contributed by atoms with Gasteiger partial charge in [0.25, 0.3) is 0 Å². The number of nitrogens with two attached hydrogens (primary N) is 1. The zero-order chi connectivity index (χ0) is 13.6. The van der Waals surface area contributed by atoms with Gasteiger partial charge < -0.3 is 11.1 Å². The van der Waals surface area contributed by atoms with Gasteiger partial charge in [0.15, 0.2) is 5.82 Å².